The SMILES string of the molecule is CN1CCN(c2cc(Nc3ncc4c(-c5ccn6ncc(C7CC7)c6n5)c[nH]c4n3)ccn2)CC1. The summed E-state index contributed by atoms with van der Waals surface area (Å²) in [7, 11) is 2.15. The van der Waals surface area contributed by atoms with Gasteiger partial charge in [0.05, 0.1) is 11.9 Å². The minimum absolute atomic E-state index is 0.539. The monoisotopic (exact) mass is 466 g/mol. The Morgan fingerprint density at radius 1 is 1.03 bits per heavy atom. The number of rotatable bonds is 5. The topological polar surface area (TPSA) is 103 Å². The zero-order valence-corrected chi connectivity index (χ0v) is 19.5. The molecule has 0 radical (unpaired) electrons. The van der Waals surface area contributed by atoms with Crippen molar-refractivity contribution in [3.8, 4) is 11.3 Å². The number of nitrogens with zero attached hydrogens (tertiary/aromatic N) is 8. The Bertz CT molecular complexity index is 1520. The summed E-state index contributed by atoms with van der Waals surface area (Å²) >= 11 is 0. The van der Waals surface area contributed by atoms with Gasteiger partial charge in [-0.2, -0.15) is 10.1 Å². The molecule has 2 N–H and O–H groups in total. The van der Waals surface area contributed by atoms with Crippen LogP contribution in [-0.4, -0.2) is 72.7 Å². The summed E-state index contributed by atoms with van der Waals surface area (Å²) in [5, 5.41) is 8.73. The Kier molecular flexibility index (Phi) is 4.66. The molecule has 176 valence electrons. The van der Waals surface area contributed by atoms with Crippen LogP contribution in [0.25, 0.3) is 27.9 Å². The van der Waals surface area contributed by atoms with Gasteiger partial charge in [-0.25, -0.2) is 19.5 Å². The average molecular weight is 467 g/mol. The fraction of sp³-hybridized carbons (Fsp3) is 0.320. The summed E-state index contributed by atoms with van der Waals surface area (Å²) in [4.78, 5) is 26.7. The lowest BCUT2D eigenvalue weighted by Crippen LogP contribution is -2.44. The van der Waals surface area contributed by atoms with E-state index in [0.717, 1.165) is 65.6 Å². The molecule has 0 spiro atoms. The molecule has 0 amide bonds. The van der Waals surface area contributed by atoms with Crippen molar-refractivity contribution in [2.45, 2.75) is 18.8 Å². The summed E-state index contributed by atoms with van der Waals surface area (Å²) in [6.45, 7) is 4.03. The lowest BCUT2D eigenvalue weighted by molar-refractivity contribution is 0.312. The van der Waals surface area contributed by atoms with Crippen molar-refractivity contribution in [1.82, 2.24) is 39.4 Å². The third kappa shape index (κ3) is 3.75. The van der Waals surface area contributed by atoms with E-state index in [1.54, 1.807) is 0 Å². The second-order valence-corrected chi connectivity index (χ2v) is 9.43. The first-order chi connectivity index (χ1) is 17.2. The maximum Gasteiger partial charge on any atom is 0.229 e. The van der Waals surface area contributed by atoms with E-state index in [1.165, 1.54) is 18.4 Å². The van der Waals surface area contributed by atoms with E-state index in [1.807, 2.05) is 47.6 Å². The van der Waals surface area contributed by atoms with Gasteiger partial charge in [0.1, 0.15) is 11.5 Å². The van der Waals surface area contributed by atoms with Crippen LogP contribution in [0.2, 0.25) is 0 Å². The van der Waals surface area contributed by atoms with Crippen LogP contribution in [0, 0.1) is 0 Å². The van der Waals surface area contributed by atoms with Gasteiger partial charge in [0.25, 0.3) is 0 Å². The highest BCUT2D eigenvalue weighted by Gasteiger charge is 2.27. The van der Waals surface area contributed by atoms with Crippen molar-refractivity contribution in [1.29, 1.82) is 0 Å². The van der Waals surface area contributed by atoms with Crippen molar-refractivity contribution in [3.05, 3.63) is 54.7 Å². The Morgan fingerprint density at radius 2 is 1.91 bits per heavy atom. The van der Waals surface area contributed by atoms with Gasteiger partial charge in [0.15, 0.2) is 5.65 Å². The van der Waals surface area contributed by atoms with Crippen LogP contribution in [-0.2, 0) is 0 Å². The third-order valence-corrected chi connectivity index (χ3v) is 6.95. The molecule has 7 rings (SSSR count). The van der Waals surface area contributed by atoms with Gasteiger partial charge in [-0.3, -0.25) is 0 Å². The molecule has 1 saturated carbocycles. The van der Waals surface area contributed by atoms with Crippen molar-refractivity contribution < 1.29 is 0 Å². The standard InChI is InChI=1S/C25H26N10/c1-33-8-10-34(11-9-33)22-12-17(4-6-26-22)30-25-28-14-20-19(13-27-23(20)32-25)21-5-7-35-24(31-21)18(15-29-35)16-2-3-16/h4-7,12-16H,2-3,8-11H2,1H3,(H2,26,27,28,30,32). The fourth-order valence-electron chi connectivity index (χ4n) is 4.73. The molecular weight excluding hydrogens is 440 g/mol. The van der Waals surface area contributed by atoms with Gasteiger partial charge in [-0.05, 0) is 37.9 Å². The van der Waals surface area contributed by atoms with Gasteiger partial charge >= 0.3 is 0 Å². The number of hydrogen-bond donors (Lipinski definition) is 2. The molecule has 1 saturated heterocycles. The van der Waals surface area contributed by atoms with Crippen molar-refractivity contribution in [3.63, 3.8) is 0 Å². The molecule has 1 aliphatic carbocycles. The molecule has 2 aliphatic rings. The molecule has 5 aromatic heterocycles. The molecule has 10 heteroatoms. The number of likely N-dealkylation sites (N-methyl/N-ethyl adjacent to an activating group) is 1. The fourth-order valence-corrected chi connectivity index (χ4v) is 4.73. The average Bonchev–Trinajstić information content (AvgIpc) is 3.50. The van der Waals surface area contributed by atoms with Crippen LogP contribution in [0.5, 0.6) is 0 Å². The van der Waals surface area contributed by atoms with Crippen molar-refractivity contribution >= 4 is 34.1 Å². The van der Waals surface area contributed by atoms with E-state index in [4.69, 9.17) is 9.97 Å². The lowest BCUT2D eigenvalue weighted by atomic mass is 10.1. The summed E-state index contributed by atoms with van der Waals surface area (Å²) in [5.74, 6) is 2.11. The highest BCUT2D eigenvalue weighted by Crippen LogP contribution is 2.41. The minimum atomic E-state index is 0.539. The first-order valence-corrected chi connectivity index (χ1v) is 12.1. The van der Waals surface area contributed by atoms with Gasteiger partial charge in [-0.15, -0.1) is 0 Å². The number of fused-ring (bicyclic) bond motifs is 2. The number of piperazine rings is 1. The first-order valence-electron chi connectivity index (χ1n) is 12.1. The predicted octanol–water partition coefficient (Wildman–Crippen LogP) is 3.44. The van der Waals surface area contributed by atoms with E-state index in [2.05, 4.69) is 48.3 Å². The summed E-state index contributed by atoms with van der Waals surface area (Å²) in [6, 6.07) is 5.99. The highest BCUT2D eigenvalue weighted by atomic mass is 15.3. The molecule has 6 heterocycles. The quantitative estimate of drug-likeness (QED) is 0.406. The van der Waals surface area contributed by atoms with Gasteiger partial charge in [0.2, 0.25) is 5.95 Å². The lowest BCUT2D eigenvalue weighted by Gasteiger charge is -2.33. The molecular formula is C25H26N10. The van der Waals surface area contributed by atoms with E-state index in [-0.39, 0.29) is 0 Å². The molecule has 5 aromatic rings. The molecule has 2 fully saturated rings. The van der Waals surface area contributed by atoms with Crippen LogP contribution < -0.4 is 10.2 Å². The largest absolute Gasteiger partial charge is 0.354 e. The van der Waals surface area contributed by atoms with Crippen LogP contribution in [0.1, 0.15) is 24.3 Å². The van der Waals surface area contributed by atoms with Crippen molar-refractivity contribution in [2.75, 3.05) is 43.4 Å². The van der Waals surface area contributed by atoms with Crippen molar-refractivity contribution in [2.24, 2.45) is 0 Å². The van der Waals surface area contributed by atoms with Gasteiger partial charge < -0.3 is 20.1 Å². The number of pyridine rings is 1. The highest BCUT2D eigenvalue weighted by molar-refractivity contribution is 5.92. The Hall–Kier alpha value is -4.05. The summed E-state index contributed by atoms with van der Waals surface area (Å²) in [5.41, 5.74) is 5.73. The molecule has 10 nitrogen and oxygen atoms in total. The van der Waals surface area contributed by atoms with E-state index >= 15 is 0 Å². The Morgan fingerprint density at radius 3 is 2.77 bits per heavy atom. The number of anilines is 3. The number of H-pyrrole nitrogens is 1. The van der Waals surface area contributed by atoms with E-state index < -0.39 is 0 Å². The third-order valence-electron chi connectivity index (χ3n) is 6.95. The maximum absolute atomic E-state index is 4.93. The van der Waals surface area contributed by atoms with Crippen LogP contribution >= 0.6 is 0 Å². The number of nitrogens with one attached hydrogen (secondary N) is 2. The number of aromatic nitrogens is 7. The summed E-state index contributed by atoms with van der Waals surface area (Å²) in [6.07, 6.45) is 12.0. The Balaban J connectivity index is 1.15. The minimum Gasteiger partial charge on any atom is -0.354 e. The second kappa shape index (κ2) is 8.02. The molecule has 35 heavy (non-hydrogen) atoms. The molecule has 0 unspecified atom stereocenters. The van der Waals surface area contributed by atoms with E-state index in [0.29, 0.717) is 11.9 Å². The molecule has 0 atom stereocenters. The molecule has 0 aromatic carbocycles. The normalized spacial score (nSPS) is 16.9. The predicted molar refractivity (Wildman–Crippen MR) is 135 cm³/mol. The van der Waals surface area contributed by atoms with Gasteiger partial charge in [-0.1, -0.05) is 0 Å². The molecule has 0 bridgehead atoms. The second-order valence-electron chi connectivity index (χ2n) is 9.43. The zero-order valence-electron chi connectivity index (χ0n) is 19.5. The zero-order chi connectivity index (χ0) is 23.4. The van der Waals surface area contributed by atoms with Crippen LogP contribution in [0.3, 0.4) is 0 Å². The van der Waals surface area contributed by atoms with Gasteiger partial charge in [0, 0.05) is 79.2 Å². The smallest absolute Gasteiger partial charge is 0.229 e. The van der Waals surface area contributed by atoms with Crippen LogP contribution in [0.4, 0.5) is 17.5 Å². The number of aromatic amines is 1. The maximum atomic E-state index is 4.93. The molecule has 1 aliphatic heterocycles. The van der Waals surface area contributed by atoms with Crippen LogP contribution in [0.15, 0.2) is 49.2 Å². The first kappa shape index (κ1) is 20.3. The number of hydrogen-bond acceptors (Lipinski definition) is 8. The van der Waals surface area contributed by atoms with E-state index in [9.17, 15) is 0 Å². The summed E-state index contributed by atoms with van der Waals surface area (Å²) < 4.78 is 1.86. The Labute approximate surface area is 202 Å².